The highest BCUT2D eigenvalue weighted by molar-refractivity contribution is 7.17. The van der Waals surface area contributed by atoms with Crippen LogP contribution in [0.2, 0.25) is 0 Å². The molecule has 4 rings (SSSR count). The van der Waals surface area contributed by atoms with Gasteiger partial charge in [-0.15, -0.1) is 11.3 Å². The van der Waals surface area contributed by atoms with Gasteiger partial charge in [0.2, 0.25) is 5.95 Å². The fourth-order valence-corrected chi connectivity index (χ4v) is 4.01. The molecule has 0 unspecified atom stereocenters. The van der Waals surface area contributed by atoms with Gasteiger partial charge in [-0.3, -0.25) is 14.6 Å². The Bertz CT molecular complexity index is 1010. The topological polar surface area (TPSA) is 117 Å². The number of nitrogen functional groups attached to an aromatic ring is 1. The Morgan fingerprint density at radius 1 is 1.35 bits per heavy atom. The zero-order valence-electron chi connectivity index (χ0n) is 13.9. The number of nitrogens with zero attached hydrogens (tertiary/aromatic N) is 3. The zero-order valence-corrected chi connectivity index (χ0v) is 14.8. The Morgan fingerprint density at radius 3 is 2.92 bits per heavy atom. The number of hydrogen-bond donors (Lipinski definition) is 3. The van der Waals surface area contributed by atoms with Crippen molar-refractivity contribution in [3.8, 4) is 0 Å². The van der Waals surface area contributed by atoms with E-state index in [4.69, 9.17) is 5.73 Å². The summed E-state index contributed by atoms with van der Waals surface area (Å²) in [5.74, 6) is 0.614. The van der Waals surface area contributed by atoms with E-state index >= 15 is 0 Å². The van der Waals surface area contributed by atoms with Crippen LogP contribution in [-0.2, 0) is 0 Å². The van der Waals surface area contributed by atoms with Crippen molar-refractivity contribution in [2.45, 2.75) is 18.9 Å². The molecule has 1 saturated heterocycles. The zero-order chi connectivity index (χ0) is 18.1. The van der Waals surface area contributed by atoms with E-state index in [1.54, 1.807) is 5.51 Å². The third-order valence-corrected chi connectivity index (χ3v) is 5.38. The minimum absolute atomic E-state index is 0.0724. The molecule has 0 saturated carbocycles. The molecule has 3 aromatic rings. The number of piperidine rings is 1. The van der Waals surface area contributed by atoms with E-state index in [9.17, 15) is 9.59 Å². The van der Waals surface area contributed by atoms with Crippen LogP contribution in [0.25, 0.3) is 10.2 Å². The maximum absolute atomic E-state index is 12.6. The number of hydrogen-bond acceptors (Lipinski definition) is 7. The van der Waals surface area contributed by atoms with Crippen molar-refractivity contribution >= 4 is 39.2 Å². The largest absolute Gasteiger partial charge is 0.369 e. The average molecular weight is 370 g/mol. The molecule has 2 aromatic heterocycles. The Kier molecular flexibility index (Phi) is 4.29. The van der Waals surface area contributed by atoms with Gasteiger partial charge in [0.1, 0.15) is 5.82 Å². The van der Waals surface area contributed by atoms with E-state index < -0.39 is 0 Å². The number of rotatable bonds is 3. The highest BCUT2D eigenvalue weighted by atomic mass is 32.1. The lowest BCUT2D eigenvalue weighted by Crippen LogP contribution is -2.45. The van der Waals surface area contributed by atoms with E-state index in [-0.39, 0.29) is 23.5 Å². The lowest BCUT2D eigenvalue weighted by Gasteiger charge is -2.33. The molecule has 0 spiro atoms. The van der Waals surface area contributed by atoms with Crippen molar-refractivity contribution in [2.75, 3.05) is 23.7 Å². The van der Waals surface area contributed by atoms with Gasteiger partial charge in [-0.05, 0) is 25.0 Å². The minimum Gasteiger partial charge on any atom is -0.369 e. The third-order valence-electron chi connectivity index (χ3n) is 4.50. The first-order chi connectivity index (χ1) is 12.6. The van der Waals surface area contributed by atoms with Crippen LogP contribution in [0.3, 0.4) is 0 Å². The molecule has 9 heteroatoms. The molecule has 26 heavy (non-hydrogen) atoms. The van der Waals surface area contributed by atoms with Crippen LogP contribution >= 0.6 is 11.3 Å². The van der Waals surface area contributed by atoms with E-state index in [1.807, 2.05) is 23.1 Å². The van der Waals surface area contributed by atoms with Crippen LogP contribution in [0.15, 0.2) is 34.6 Å². The Morgan fingerprint density at radius 2 is 2.15 bits per heavy atom. The second-order valence-corrected chi connectivity index (χ2v) is 7.08. The molecule has 1 aliphatic heterocycles. The minimum atomic E-state index is -0.263. The molecule has 1 aliphatic rings. The van der Waals surface area contributed by atoms with Gasteiger partial charge in [-0.25, -0.2) is 4.98 Å². The number of aromatic nitrogens is 3. The summed E-state index contributed by atoms with van der Waals surface area (Å²) < 4.78 is 0.908. The van der Waals surface area contributed by atoms with Crippen molar-refractivity contribution in [3.63, 3.8) is 0 Å². The van der Waals surface area contributed by atoms with Crippen molar-refractivity contribution in [1.82, 2.24) is 20.3 Å². The quantitative estimate of drug-likeness (QED) is 0.641. The molecule has 0 aliphatic carbocycles. The number of H-pyrrole nitrogens is 1. The molecule has 8 nitrogen and oxygen atoms in total. The average Bonchev–Trinajstić information content (AvgIpc) is 3.10. The first-order valence-electron chi connectivity index (χ1n) is 8.35. The normalized spacial score (nSPS) is 15.3. The summed E-state index contributed by atoms with van der Waals surface area (Å²) in [6.45, 7) is 1.40. The number of fused-ring (bicyclic) bond motifs is 1. The summed E-state index contributed by atoms with van der Waals surface area (Å²) >= 11 is 1.47. The maximum atomic E-state index is 12.6. The summed E-state index contributed by atoms with van der Waals surface area (Å²) in [5, 5.41) is 3.11. The van der Waals surface area contributed by atoms with Gasteiger partial charge in [0.25, 0.3) is 11.5 Å². The Labute approximate surface area is 153 Å². The maximum Gasteiger partial charge on any atom is 0.254 e. The number of nitrogens with two attached hydrogens (primary N) is 1. The highest BCUT2D eigenvalue weighted by Crippen LogP contribution is 2.23. The molecular weight excluding hydrogens is 352 g/mol. The molecule has 3 heterocycles. The predicted molar refractivity (Wildman–Crippen MR) is 102 cm³/mol. The summed E-state index contributed by atoms with van der Waals surface area (Å²) in [6.07, 6.45) is 1.55. The van der Waals surface area contributed by atoms with Gasteiger partial charge in [0, 0.05) is 25.2 Å². The summed E-state index contributed by atoms with van der Waals surface area (Å²) in [5.41, 5.74) is 8.60. The standard InChI is InChI=1S/C17H18N6O2S/c18-17-21-13(8-14(24)22-17)23-6-4-10(5-7-23)20-16(25)11-2-1-3-12-15(11)26-9-19-12/h1-3,8-10H,4-7H2,(H,20,25)(H3,18,21,22,24). The molecule has 4 N–H and O–H groups in total. The Balaban J connectivity index is 1.41. The monoisotopic (exact) mass is 370 g/mol. The molecule has 0 bridgehead atoms. The van der Waals surface area contributed by atoms with Gasteiger partial charge in [0.05, 0.1) is 21.3 Å². The number of carbonyl (C=O) groups excluding carboxylic acids is 1. The van der Waals surface area contributed by atoms with Crippen LogP contribution in [0.1, 0.15) is 23.2 Å². The van der Waals surface area contributed by atoms with Gasteiger partial charge >= 0.3 is 0 Å². The molecular formula is C17H18N6O2S. The van der Waals surface area contributed by atoms with E-state index in [2.05, 4.69) is 20.3 Å². The van der Waals surface area contributed by atoms with E-state index in [0.29, 0.717) is 24.5 Å². The van der Waals surface area contributed by atoms with Crippen LogP contribution < -0.4 is 21.5 Å². The van der Waals surface area contributed by atoms with E-state index in [1.165, 1.54) is 17.4 Å². The molecule has 0 atom stereocenters. The van der Waals surface area contributed by atoms with Crippen molar-refractivity contribution in [3.05, 3.63) is 45.7 Å². The third kappa shape index (κ3) is 3.25. The smallest absolute Gasteiger partial charge is 0.254 e. The molecule has 1 aromatic carbocycles. The molecule has 1 amide bonds. The molecule has 1 fully saturated rings. The second-order valence-electron chi connectivity index (χ2n) is 6.23. The number of carbonyl (C=O) groups is 1. The number of anilines is 2. The van der Waals surface area contributed by atoms with Crippen LogP contribution in [0.5, 0.6) is 0 Å². The Hall–Kier alpha value is -2.94. The highest BCUT2D eigenvalue weighted by Gasteiger charge is 2.23. The number of aromatic amines is 1. The van der Waals surface area contributed by atoms with Crippen molar-refractivity contribution in [1.29, 1.82) is 0 Å². The van der Waals surface area contributed by atoms with E-state index in [0.717, 1.165) is 23.1 Å². The number of amides is 1. The van der Waals surface area contributed by atoms with Crippen LogP contribution in [0.4, 0.5) is 11.8 Å². The van der Waals surface area contributed by atoms with Gasteiger partial charge in [-0.1, -0.05) is 6.07 Å². The summed E-state index contributed by atoms with van der Waals surface area (Å²) in [7, 11) is 0. The summed E-state index contributed by atoms with van der Waals surface area (Å²) in [6, 6.07) is 7.11. The fraction of sp³-hybridized carbons (Fsp3) is 0.294. The first-order valence-corrected chi connectivity index (χ1v) is 9.23. The van der Waals surface area contributed by atoms with Gasteiger partial charge < -0.3 is 16.0 Å². The van der Waals surface area contributed by atoms with Crippen LogP contribution in [-0.4, -0.2) is 40.0 Å². The molecule has 0 radical (unpaired) electrons. The summed E-state index contributed by atoms with van der Waals surface area (Å²) in [4.78, 5) is 37.1. The lowest BCUT2D eigenvalue weighted by molar-refractivity contribution is 0.0933. The number of thiazole rings is 1. The second kappa shape index (κ2) is 6.75. The first kappa shape index (κ1) is 16.5. The molecule has 134 valence electrons. The van der Waals surface area contributed by atoms with Crippen LogP contribution in [0, 0.1) is 0 Å². The van der Waals surface area contributed by atoms with Gasteiger partial charge in [-0.2, -0.15) is 4.98 Å². The van der Waals surface area contributed by atoms with Crippen molar-refractivity contribution in [2.24, 2.45) is 0 Å². The predicted octanol–water partition coefficient (Wildman–Crippen LogP) is 1.36. The fourth-order valence-electron chi connectivity index (χ4n) is 3.21. The number of nitrogens with one attached hydrogen (secondary N) is 2. The number of benzene rings is 1. The SMILES string of the molecule is Nc1nc(N2CCC(NC(=O)c3cccc4ncsc34)CC2)cc(=O)[nH]1. The van der Waals surface area contributed by atoms with Gasteiger partial charge in [0.15, 0.2) is 0 Å². The van der Waals surface area contributed by atoms with Crippen molar-refractivity contribution < 1.29 is 4.79 Å². The lowest BCUT2D eigenvalue weighted by atomic mass is 10.0.